The molecule has 0 saturated carbocycles. The van der Waals surface area contributed by atoms with Crippen LogP contribution in [0.2, 0.25) is 0 Å². The third kappa shape index (κ3) is 16.1. The van der Waals surface area contributed by atoms with E-state index in [4.69, 9.17) is 43.9 Å². The van der Waals surface area contributed by atoms with E-state index in [9.17, 15) is 45.5 Å². The summed E-state index contributed by atoms with van der Waals surface area (Å²) >= 11 is 1.83. The van der Waals surface area contributed by atoms with Crippen molar-refractivity contribution in [1.82, 2.24) is 10.6 Å². The Bertz CT molecular complexity index is 2100. The molecule has 0 bridgehead atoms. The molecular weight excluding hydrogens is 923 g/mol. The molecule has 16 N–H and O–H groups in total. The molecule has 0 heterocycles. The van der Waals surface area contributed by atoms with Gasteiger partial charge in [0.1, 0.15) is 11.5 Å². The lowest BCUT2D eigenvalue weighted by Crippen LogP contribution is -2.27. The molecule has 0 spiro atoms. The van der Waals surface area contributed by atoms with Crippen LogP contribution in [0, 0.1) is 0 Å². The van der Waals surface area contributed by atoms with Crippen molar-refractivity contribution < 1.29 is 55.0 Å². The van der Waals surface area contributed by atoms with Crippen LogP contribution in [0.25, 0.3) is 0 Å². The molecule has 3 aromatic carbocycles. The summed E-state index contributed by atoms with van der Waals surface area (Å²) < 4.78 is 96.4. The smallest absolute Gasteiger partial charge is 0.416 e. The van der Waals surface area contributed by atoms with E-state index >= 15 is 0 Å². The van der Waals surface area contributed by atoms with Gasteiger partial charge in [-0.15, -0.1) is 23.5 Å². The van der Waals surface area contributed by atoms with Crippen LogP contribution in [-0.4, -0.2) is 101 Å². The molecule has 0 aliphatic rings. The van der Waals surface area contributed by atoms with Crippen molar-refractivity contribution in [3.63, 3.8) is 0 Å². The third-order valence-corrected chi connectivity index (χ3v) is 11.2. The number of anilines is 2. The second-order valence-electron chi connectivity index (χ2n) is 13.8. The van der Waals surface area contributed by atoms with Crippen LogP contribution in [0.5, 0.6) is 11.5 Å². The summed E-state index contributed by atoms with van der Waals surface area (Å²) in [6.45, 7) is 0.711. The van der Waals surface area contributed by atoms with E-state index in [1.807, 2.05) is 0 Å². The first-order valence-electron chi connectivity index (χ1n) is 19.9. The van der Waals surface area contributed by atoms with Gasteiger partial charge in [-0.25, -0.2) is 0 Å². The molecule has 4 amide bonds. The lowest BCUT2D eigenvalue weighted by atomic mass is 10.0. The number of ether oxygens (including phenoxy) is 2. The number of rotatable bonds is 24. The number of aliphatic imine (C=N–C) groups is 2. The number of methoxy groups -OCH3 is 2. The minimum atomic E-state index is -4.97. The number of hydrogen-bond acceptors (Lipinski definition) is 12. The molecule has 66 heavy (non-hydrogen) atoms. The Hall–Kier alpha value is -6.12. The summed E-state index contributed by atoms with van der Waals surface area (Å²) in [5.74, 6) is -4.51. The Kier molecular flexibility index (Phi) is 21.0. The number of benzene rings is 3. The quantitative estimate of drug-likeness (QED) is 0.0200. The molecule has 3 rings (SSSR count). The van der Waals surface area contributed by atoms with Gasteiger partial charge < -0.3 is 65.1 Å². The van der Waals surface area contributed by atoms with Crippen LogP contribution in [0.3, 0.4) is 0 Å². The summed E-state index contributed by atoms with van der Waals surface area (Å²) in [6, 6.07) is 4.65. The largest absolute Gasteiger partial charge is 0.496 e. The minimum absolute atomic E-state index is 0.0398. The average molecular weight is 975 g/mol. The maximum atomic E-state index is 14.3. The first-order valence-corrected chi connectivity index (χ1v) is 21.9. The number of nitrogens with zero attached hydrogens (tertiary/aromatic N) is 2. The first-order chi connectivity index (χ1) is 31.2. The van der Waals surface area contributed by atoms with E-state index in [0.29, 0.717) is 49.9 Å². The van der Waals surface area contributed by atoms with Crippen LogP contribution < -0.4 is 65.1 Å². The van der Waals surface area contributed by atoms with Crippen LogP contribution in [-0.2, 0) is 12.4 Å². The van der Waals surface area contributed by atoms with Gasteiger partial charge in [-0.2, -0.15) is 26.3 Å². The fourth-order valence-corrected chi connectivity index (χ4v) is 7.65. The summed E-state index contributed by atoms with van der Waals surface area (Å²) in [5.41, 5.74) is 27.8. The Labute approximate surface area is 384 Å². The number of carbonyl (C=O) groups excluding carboxylic acids is 4. The summed E-state index contributed by atoms with van der Waals surface area (Å²) in [6.07, 6.45) is -8.28. The van der Waals surface area contributed by atoms with Crippen LogP contribution in [0.1, 0.15) is 78.2 Å². The number of nitrogens with one attached hydrogen (secondary N) is 4. The lowest BCUT2D eigenvalue weighted by Gasteiger charge is -2.20. The molecule has 0 aliphatic heterocycles. The second kappa shape index (κ2) is 25.5. The maximum absolute atomic E-state index is 14.3. The standard InChI is InChI=1S/C40H52F6N12O6S2/c1-63-29-19-24(36(62)58-28-18-22(40(44,45)46)16-26(32(28)66-14-8-48)34(60)54-10-4-6-12-56-38(51)52)30(64-2)20-23(29)35(61)57-27-17-21(39(41,42)43)15-25(31(27)65-13-7-47)33(59)53-9-3-5-11-55-37(49)50/h15-20H,3-14,47-48H2,1-2H3,(H,53,59)(H,54,60)(H,57,61)(H,58,62)(H4,49,50,55)(H4,51,52,56). The Morgan fingerprint density at radius 1 is 0.561 bits per heavy atom. The van der Waals surface area contributed by atoms with Gasteiger partial charge in [-0.1, -0.05) is 0 Å². The molecular formula is C40H52F6N12O6S2. The predicted octanol–water partition coefficient (Wildman–Crippen LogP) is 3.91. The maximum Gasteiger partial charge on any atom is 0.416 e. The van der Waals surface area contributed by atoms with Crippen LogP contribution >= 0.6 is 23.5 Å². The molecule has 0 aliphatic carbocycles. The van der Waals surface area contributed by atoms with E-state index in [1.165, 1.54) is 0 Å². The number of amides is 4. The highest BCUT2D eigenvalue weighted by Crippen LogP contribution is 2.41. The van der Waals surface area contributed by atoms with E-state index < -0.39 is 69.6 Å². The highest BCUT2D eigenvalue weighted by molar-refractivity contribution is 7.99. The van der Waals surface area contributed by atoms with Gasteiger partial charge in [0, 0.05) is 60.6 Å². The van der Waals surface area contributed by atoms with Crippen molar-refractivity contribution in [3.05, 3.63) is 69.8 Å². The summed E-state index contributed by atoms with van der Waals surface area (Å²) in [5, 5.41) is 9.98. The summed E-state index contributed by atoms with van der Waals surface area (Å²) in [7, 11) is 2.24. The first kappa shape index (κ1) is 54.2. The topological polar surface area (TPSA) is 316 Å². The number of unbranched alkanes of at least 4 members (excludes halogenated alkanes) is 2. The molecule has 0 atom stereocenters. The van der Waals surface area contributed by atoms with Crippen LogP contribution in [0.4, 0.5) is 37.7 Å². The molecule has 0 unspecified atom stereocenters. The van der Waals surface area contributed by atoms with Crippen molar-refractivity contribution in [3.8, 4) is 11.5 Å². The number of thioether (sulfide) groups is 2. The SMILES string of the molecule is COc1cc(C(=O)Nc2cc(C(F)(F)F)cc(C(=O)NCCCCN=C(N)N)c2SCCN)c(OC)cc1C(=O)Nc1cc(C(F)(F)F)cc(C(=O)NCCCCN=C(N)N)c1SCCN. The van der Waals surface area contributed by atoms with Gasteiger partial charge in [-0.05, 0) is 62.1 Å². The monoisotopic (exact) mass is 974 g/mol. The Morgan fingerprint density at radius 3 is 1.23 bits per heavy atom. The number of guanidine groups is 2. The number of hydrogen-bond donors (Lipinski definition) is 10. The van der Waals surface area contributed by atoms with Gasteiger partial charge in [0.15, 0.2) is 11.9 Å². The fourth-order valence-electron chi connectivity index (χ4n) is 5.86. The minimum Gasteiger partial charge on any atom is -0.496 e. The second-order valence-corrected chi connectivity index (χ2v) is 16.0. The Morgan fingerprint density at radius 2 is 0.924 bits per heavy atom. The number of alkyl halides is 6. The molecule has 362 valence electrons. The van der Waals surface area contributed by atoms with E-state index in [-0.39, 0.29) is 95.1 Å². The molecule has 26 heteroatoms. The fraction of sp³-hybridized carbons (Fsp3) is 0.400. The van der Waals surface area contributed by atoms with Crippen molar-refractivity contribution in [2.24, 2.45) is 44.4 Å². The molecule has 0 saturated heterocycles. The number of halogens is 6. The number of nitrogens with two attached hydrogens (primary N) is 6. The zero-order valence-electron chi connectivity index (χ0n) is 35.8. The van der Waals surface area contributed by atoms with Crippen molar-refractivity contribution in [2.45, 2.75) is 47.8 Å². The van der Waals surface area contributed by atoms with Crippen molar-refractivity contribution in [1.29, 1.82) is 0 Å². The van der Waals surface area contributed by atoms with E-state index in [0.717, 1.165) is 49.9 Å². The highest BCUT2D eigenvalue weighted by Gasteiger charge is 2.36. The number of carbonyl (C=O) groups is 4. The van der Waals surface area contributed by atoms with Gasteiger partial charge in [0.2, 0.25) is 0 Å². The molecule has 3 aromatic rings. The Balaban J connectivity index is 2.06. The van der Waals surface area contributed by atoms with Gasteiger partial charge in [-0.3, -0.25) is 29.2 Å². The molecule has 0 aromatic heterocycles. The zero-order chi connectivity index (χ0) is 49.2. The highest BCUT2D eigenvalue weighted by atomic mass is 32.2. The zero-order valence-corrected chi connectivity index (χ0v) is 37.5. The lowest BCUT2D eigenvalue weighted by molar-refractivity contribution is -0.138. The molecule has 18 nitrogen and oxygen atoms in total. The molecule has 0 fully saturated rings. The van der Waals surface area contributed by atoms with Gasteiger partial charge in [0.25, 0.3) is 23.6 Å². The van der Waals surface area contributed by atoms with Gasteiger partial charge in [0.05, 0.1) is 59.0 Å². The van der Waals surface area contributed by atoms with Crippen molar-refractivity contribution in [2.75, 3.05) is 75.6 Å². The predicted molar refractivity (Wildman–Crippen MR) is 242 cm³/mol. The third-order valence-electron chi connectivity index (χ3n) is 8.89. The van der Waals surface area contributed by atoms with Crippen molar-refractivity contribution >= 4 is 70.4 Å². The molecule has 0 radical (unpaired) electrons. The van der Waals surface area contributed by atoms with E-state index in [1.54, 1.807) is 0 Å². The van der Waals surface area contributed by atoms with E-state index in [2.05, 4.69) is 31.3 Å². The van der Waals surface area contributed by atoms with Crippen LogP contribution in [0.15, 0.2) is 56.2 Å². The van der Waals surface area contributed by atoms with Gasteiger partial charge >= 0.3 is 12.4 Å². The summed E-state index contributed by atoms with van der Waals surface area (Å²) in [4.78, 5) is 62.3. The average Bonchev–Trinajstić information content (AvgIpc) is 3.25. The normalized spacial score (nSPS) is 11.3.